The second-order valence-corrected chi connectivity index (χ2v) is 8.41. The van der Waals surface area contributed by atoms with Crippen molar-refractivity contribution in [3.8, 4) is 10.6 Å². The van der Waals surface area contributed by atoms with Crippen LogP contribution in [0.25, 0.3) is 10.6 Å². The molecule has 2 amide bonds. The SMILES string of the molecule is O=C1CN(CC2COCCN(C(=O)Cc3csc(-c4ccccc4)n3)C2)CCN1. The molecular formula is C21H26N4O3S. The molecule has 3 heterocycles. The number of hydrogen-bond acceptors (Lipinski definition) is 6. The molecule has 8 heteroatoms. The molecule has 29 heavy (non-hydrogen) atoms. The lowest BCUT2D eigenvalue weighted by Gasteiger charge is -2.31. The molecule has 2 aromatic rings. The standard InChI is InChI=1S/C21H26N4O3S/c26-19-13-24(7-6-22-19)11-16-12-25(8-9-28-14-16)20(27)10-18-15-29-21(23-18)17-4-2-1-3-5-17/h1-5,15-16H,6-14H2,(H,22,26). The van der Waals surface area contributed by atoms with Crippen LogP contribution in [0.1, 0.15) is 5.69 Å². The molecule has 1 N–H and O–H groups in total. The molecule has 2 saturated heterocycles. The van der Waals surface area contributed by atoms with E-state index in [0.717, 1.165) is 29.4 Å². The lowest BCUT2D eigenvalue weighted by Crippen LogP contribution is -2.50. The Morgan fingerprint density at radius 3 is 2.97 bits per heavy atom. The van der Waals surface area contributed by atoms with Gasteiger partial charge in [0.2, 0.25) is 11.8 Å². The van der Waals surface area contributed by atoms with Gasteiger partial charge in [-0.3, -0.25) is 14.5 Å². The minimum Gasteiger partial charge on any atom is -0.379 e. The van der Waals surface area contributed by atoms with Crippen LogP contribution in [0.5, 0.6) is 0 Å². The summed E-state index contributed by atoms with van der Waals surface area (Å²) in [6.07, 6.45) is 0.308. The first kappa shape index (κ1) is 20.0. The number of amides is 2. The second-order valence-electron chi connectivity index (χ2n) is 7.55. The molecule has 0 spiro atoms. The summed E-state index contributed by atoms with van der Waals surface area (Å²) < 4.78 is 5.73. The van der Waals surface area contributed by atoms with Gasteiger partial charge in [0.15, 0.2) is 0 Å². The van der Waals surface area contributed by atoms with Gasteiger partial charge in [-0.05, 0) is 0 Å². The monoisotopic (exact) mass is 414 g/mol. The highest BCUT2D eigenvalue weighted by Crippen LogP contribution is 2.24. The second kappa shape index (κ2) is 9.47. The van der Waals surface area contributed by atoms with Crippen LogP contribution in [-0.2, 0) is 20.7 Å². The molecule has 0 saturated carbocycles. The van der Waals surface area contributed by atoms with Crippen molar-refractivity contribution in [2.45, 2.75) is 6.42 Å². The van der Waals surface area contributed by atoms with Gasteiger partial charge >= 0.3 is 0 Å². The van der Waals surface area contributed by atoms with Crippen molar-refractivity contribution in [1.29, 1.82) is 0 Å². The number of ether oxygens (including phenoxy) is 1. The first-order valence-corrected chi connectivity index (χ1v) is 10.9. The number of thiazole rings is 1. The van der Waals surface area contributed by atoms with Gasteiger partial charge < -0.3 is 15.0 Å². The van der Waals surface area contributed by atoms with E-state index >= 15 is 0 Å². The number of carbonyl (C=O) groups is 2. The van der Waals surface area contributed by atoms with E-state index in [4.69, 9.17) is 4.74 Å². The summed E-state index contributed by atoms with van der Waals surface area (Å²) in [4.78, 5) is 33.2. The summed E-state index contributed by atoms with van der Waals surface area (Å²) in [5.41, 5.74) is 1.89. The average Bonchev–Trinajstić information content (AvgIpc) is 3.06. The van der Waals surface area contributed by atoms with Crippen molar-refractivity contribution in [3.63, 3.8) is 0 Å². The molecule has 7 nitrogen and oxygen atoms in total. The molecule has 2 fully saturated rings. The summed E-state index contributed by atoms with van der Waals surface area (Å²) in [5, 5.41) is 5.76. The molecule has 1 aromatic heterocycles. The van der Waals surface area contributed by atoms with Crippen LogP contribution in [0.2, 0.25) is 0 Å². The highest BCUT2D eigenvalue weighted by molar-refractivity contribution is 7.13. The molecule has 0 bridgehead atoms. The molecule has 0 aliphatic carbocycles. The number of rotatable bonds is 5. The van der Waals surface area contributed by atoms with E-state index in [1.807, 2.05) is 40.6 Å². The van der Waals surface area contributed by atoms with Crippen LogP contribution < -0.4 is 5.32 Å². The zero-order valence-corrected chi connectivity index (χ0v) is 17.2. The van der Waals surface area contributed by atoms with Gasteiger partial charge in [-0.25, -0.2) is 4.98 Å². The van der Waals surface area contributed by atoms with Crippen LogP contribution in [0.15, 0.2) is 35.7 Å². The molecule has 2 aliphatic rings. The Kier molecular flexibility index (Phi) is 6.53. The van der Waals surface area contributed by atoms with Crippen LogP contribution in [0.4, 0.5) is 0 Å². The highest BCUT2D eigenvalue weighted by Gasteiger charge is 2.26. The first-order chi connectivity index (χ1) is 14.2. The average molecular weight is 415 g/mol. The van der Waals surface area contributed by atoms with E-state index in [1.54, 1.807) is 11.3 Å². The van der Waals surface area contributed by atoms with Crippen molar-refractivity contribution in [3.05, 3.63) is 41.4 Å². The Morgan fingerprint density at radius 2 is 2.14 bits per heavy atom. The van der Waals surface area contributed by atoms with E-state index in [-0.39, 0.29) is 17.7 Å². The Morgan fingerprint density at radius 1 is 1.28 bits per heavy atom. The summed E-state index contributed by atoms with van der Waals surface area (Å²) >= 11 is 1.57. The third-order valence-electron chi connectivity index (χ3n) is 5.23. The van der Waals surface area contributed by atoms with Crippen molar-refractivity contribution >= 4 is 23.2 Å². The number of hydrogen-bond donors (Lipinski definition) is 1. The summed E-state index contributed by atoms with van der Waals surface area (Å²) in [5.74, 6) is 0.362. The molecule has 2 aliphatic heterocycles. The Labute approximate surface area is 174 Å². The third-order valence-corrected chi connectivity index (χ3v) is 6.17. The lowest BCUT2D eigenvalue weighted by atomic mass is 10.1. The maximum absolute atomic E-state index is 12.9. The normalized spacial score (nSPS) is 20.9. The summed E-state index contributed by atoms with van der Waals surface area (Å²) in [7, 11) is 0. The van der Waals surface area contributed by atoms with Crippen molar-refractivity contribution in [1.82, 2.24) is 20.1 Å². The van der Waals surface area contributed by atoms with Gasteiger partial charge in [-0.1, -0.05) is 30.3 Å². The molecular weight excluding hydrogens is 388 g/mol. The summed E-state index contributed by atoms with van der Waals surface area (Å²) in [6, 6.07) is 10.0. The maximum atomic E-state index is 12.9. The van der Waals surface area contributed by atoms with E-state index < -0.39 is 0 Å². The fourth-order valence-corrected chi connectivity index (χ4v) is 4.62. The minimum atomic E-state index is 0.0662. The van der Waals surface area contributed by atoms with Crippen LogP contribution in [-0.4, -0.2) is 79.1 Å². The van der Waals surface area contributed by atoms with E-state index in [9.17, 15) is 9.59 Å². The molecule has 0 radical (unpaired) electrons. The smallest absolute Gasteiger partial charge is 0.234 e. The fourth-order valence-electron chi connectivity index (χ4n) is 3.80. The molecule has 1 unspecified atom stereocenters. The minimum absolute atomic E-state index is 0.0662. The number of benzene rings is 1. The topological polar surface area (TPSA) is 74.8 Å². The van der Waals surface area contributed by atoms with Gasteiger partial charge in [0.25, 0.3) is 0 Å². The number of aromatic nitrogens is 1. The number of nitrogens with zero attached hydrogens (tertiary/aromatic N) is 3. The van der Waals surface area contributed by atoms with E-state index in [0.29, 0.717) is 45.8 Å². The molecule has 1 atom stereocenters. The van der Waals surface area contributed by atoms with Crippen LogP contribution in [0.3, 0.4) is 0 Å². The van der Waals surface area contributed by atoms with Crippen molar-refractivity contribution < 1.29 is 14.3 Å². The van der Waals surface area contributed by atoms with E-state index in [2.05, 4.69) is 15.2 Å². The molecule has 154 valence electrons. The maximum Gasteiger partial charge on any atom is 0.234 e. The van der Waals surface area contributed by atoms with Gasteiger partial charge in [0, 0.05) is 49.6 Å². The third kappa shape index (κ3) is 5.41. The van der Waals surface area contributed by atoms with Crippen LogP contribution in [0, 0.1) is 5.92 Å². The van der Waals surface area contributed by atoms with Gasteiger partial charge in [-0.15, -0.1) is 11.3 Å². The van der Waals surface area contributed by atoms with Gasteiger partial charge in [0.05, 0.1) is 31.9 Å². The Balaban J connectivity index is 1.35. The zero-order chi connectivity index (χ0) is 20.1. The van der Waals surface area contributed by atoms with Crippen LogP contribution >= 0.6 is 11.3 Å². The van der Waals surface area contributed by atoms with Gasteiger partial charge in [-0.2, -0.15) is 0 Å². The van der Waals surface area contributed by atoms with Crippen molar-refractivity contribution in [2.24, 2.45) is 5.92 Å². The first-order valence-electron chi connectivity index (χ1n) is 10.0. The quantitative estimate of drug-likeness (QED) is 0.797. The Hall–Kier alpha value is -2.29. The number of carbonyl (C=O) groups excluding carboxylic acids is 2. The predicted octanol–water partition coefficient (Wildman–Crippen LogP) is 1.26. The largest absolute Gasteiger partial charge is 0.379 e. The summed E-state index contributed by atoms with van der Waals surface area (Å²) in [6.45, 7) is 5.15. The number of nitrogens with one attached hydrogen (secondary N) is 1. The Bertz CT molecular complexity index is 841. The molecule has 4 rings (SSSR count). The highest BCUT2D eigenvalue weighted by atomic mass is 32.1. The predicted molar refractivity (Wildman–Crippen MR) is 112 cm³/mol. The fraction of sp³-hybridized carbons (Fsp3) is 0.476. The number of piperazine rings is 1. The lowest BCUT2D eigenvalue weighted by molar-refractivity contribution is -0.131. The van der Waals surface area contributed by atoms with E-state index in [1.165, 1.54) is 0 Å². The van der Waals surface area contributed by atoms with Gasteiger partial charge in [0.1, 0.15) is 5.01 Å². The van der Waals surface area contributed by atoms with Crippen molar-refractivity contribution in [2.75, 3.05) is 52.5 Å². The molecule has 1 aromatic carbocycles. The zero-order valence-electron chi connectivity index (χ0n) is 16.4.